The van der Waals surface area contributed by atoms with Crippen LogP contribution in [0.1, 0.15) is 45.6 Å². The third-order valence-electron chi connectivity index (χ3n) is 15.7. The number of hydrogen-bond donors (Lipinski definition) is 0. The Bertz CT molecular complexity index is 3370. The normalized spacial score (nSPS) is 20.3. The minimum absolute atomic E-state index is 0.0197. The molecular formula is C59H45N. The lowest BCUT2D eigenvalue weighted by Gasteiger charge is -2.54. The van der Waals surface area contributed by atoms with Gasteiger partial charge in [0.2, 0.25) is 0 Å². The molecule has 0 amide bonds. The standard InChI is InChI=1S/C59H45N/c1-36-17-16-34-58(2)48-35-40(30-33-49(48)60(59(36,58)3)41-24-11-6-12-25-41)42-31-32-47-53-43(42)26-15-29-46(53)56-51(38-18-7-4-8-19-38)54-44-27-13-22-37-23-14-28-45(50(37)44)55(54)52(57(47)56)39-20-9-5-10-21-39/h4-15,18-33,35-36H,16-17,34H2,1-3H3. The summed E-state index contributed by atoms with van der Waals surface area (Å²) in [5.74, 6) is 0.556. The van der Waals surface area contributed by atoms with E-state index in [4.69, 9.17) is 0 Å². The fourth-order valence-corrected chi connectivity index (χ4v) is 12.7. The number of hydrogen-bond acceptors (Lipinski definition) is 1. The molecule has 60 heavy (non-hydrogen) atoms. The van der Waals surface area contributed by atoms with Gasteiger partial charge in [-0.3, -0.25) is 0 Å². The van der Waals surface area contributed by atoms with E-state index >= 15 is 0 Å². The number of fused-ring (bicyclic) bond motifs is 9. The van der Waals surface area contributed by atoms with Crippen LogP contribution in [0, 0.1) is 5.92 Å². The number of anilines is 2. The highest BCUT2D eigenvalue weighted by Crippen LogP contribution is 2.63. The van der Waals surface area contributed by atoms with Gasteiger partial charge in [0.1, 0.15) is 0 Å². The van der Waals surface area contributed by atoms with Gasteiger partial charge in [0.15, 0.2) is 0 Å². The maximum absolute atomic E-state index is 2.70. The Labute approximate surface area is 351 Å². The fourth-order valence-electron chi connectivity index (χ4n) is 12.7. The summed E-state index contributed by atoms with van der Waals surface area (Å²) in [4.78, 5) is 2.70. The molecule has 3 unspecified atom stereocenters. The molecule has 286 valence electrons. The highest BCUT2D eigenvalue weighted by molar-refractivity contribution is 6.46. The maximum Gasteiger partial charge on any atom is 0.0543 e. The van der Waals surface area contributed by atoms with Crippen molar-refractivity contribution < 1.29 is 0 Å². The van der Waals surface area contributed by atoms with E-state index in [1.165, 1.54) is 134 Å². The van der Waals surface area contributed by atoms with Crippen molar-refractivity contribution in [1.82, 2.24) is 0 Å². The van der Waals surface area contributed by atoms with Crippen LogP contribution in [-0.2, 0) is 5.41 Å². The summed E-state index contributed by atoms with van der Waals surface area (Å²) in [6, 6.07) is 66.7. The van der Waals surface area contributed by atoms with E-state index in [2.05, 4.69) is 202 Å². The van der Waals surface area contributed by atoms with Crippen molar-refractivity contribution in [2.45, 2.75) is 51.0 Å². The Kier molecular flexibility index (Phi) is 6.94. The molecule has 0 aromatic heterocycles. The van der Waals surface area contributed by atoms with Crippen molar-refractivity contribution >= 4 is 76.0 Å². The van der Waals surface area contributed by atoms with E-state index in [0.29, 0.717) is 5.92 Å². The van der Waals surface area contributed by atoms with Crippen LogP contribution in [0.25, 0.3) is 98.0 Å². The van der Waals surface area contributed by atoms with Gasteiger partial charge >= 0.3 is 0 Å². The zero-order valence-electron chi connectivity index (χ0n) is 34.4. The topological polar surface area (TPSA) is 3.24 Å². The van der Waals surface area contributed by atoms with Crippen molar-refractivity contribution in [3.05, 3.63) is 181 Å². The molecule has 0 saturated heterocycles. The lowest BCUT2D eigenvalue weighted by molar-refractivity contribution is 0.130. The van der Waals surface area contributed by atoms with Gasteiger partial charge in [0.05, 0.1) is 5.54 Å². The van der Waals surface area contributed by atoms with Crippen LogP contribution in [0.4, 0.5) is 11.4 Å². The summed E-state index contributed by atoms with van der Waals surface area (Å²) in [6.45, 7) is 7.60. The molecule has 1 aliphatic carbocycles. The average molecular weight is 768 g/mol. The van der Waals surface area contributed by atoms with E-state index in [9.17, 15) is 0 Å². The van der Waals surface area contributed by atoms with E-state index in [1.54, 1.807) is 0 Å². The maximum atomic E-state index is 2.70. The molecular weight excluding hydrogens is 723 g/mol. The van der Waals surface area contributed by atoms with E-state index in [1.807, 2.05) is 0 Å². The molecule has 1 aliphatic heterocycles. The van der Waals surface area contributed by atoms with Crippen molar-refractivity contribution in [1.29, 1.82) is 0 Å². The summed E-state index contributed by atoms with van der Waals surface area (Å²) in [6.07, 6.45) is 3.71. The highest BCUT2D eigenvalue weighted by atomic mass is 15.3. The van der Waals surface area contributed by atoms with Crippen LogP contribution >= 0.6 is 0 Å². The van der Waals surface area contributed by atoms with Gasteiger partial charge in [-0.15, -0.1) is 0 Å². The lowest BCUT2D eigenvalue weighted by atomic mass is 9.57. The highest BCUT2D eigenvalue weighted by Gasteiger charge is 2.60. The Morgan fingerprint density at radius 3 is 1.62 bits per heavy atom. The van der Waals surface area contributed by atoms with Gasteiger partial charge in [0.25, 0.3) is 0 Å². The fraction of sp³-hybridized carbons (Fsp3) is 0.153. The van der Waals surface area contributed by atoms with E-state index in [0.717, 1.165) is 0 Å². The van der Waals surface area contributed by atoms with Gasteiger partial charge in [-0.05, 0) is 154 Å². The van der Waals surface area contributed by atoms with Gasteiger partial charge in [0, 0.05) is 16.8 Å². The summed E-state index contributed by atoms with van der Waals surface area (Å²) >= 11 is 0. The third kappa shape index (κ3) is 4.22. The number of benzene rings is 9. The van der Waals surface area contributed by atoms with Crippen LogP contribution in [0.3, 0.4) is 0 Å². The molecule has 1 heteroatoms. The molecule has 1 heterocycles. The molecule has 1 nitrogen and oxygen atoms in total. The zero-order valence-corrected chi connectivity index (χ0v) is 34.4. The molecule has 0 bridgehead atoms. The first-order valence-corrected chi connectivity index (χ1v) is 21.9. The van der Waals surface area contributed by atoms with Crippen molar-refractivity contribution in [3.8, 4) is 33.4 Å². The second-order valence-corrected chi connectivity index (χ2v) is 18.3. The van der Waals surface area contributed by atoms with Crippen molar-refractivity contribution in [2.24, 2.45) is 5.92 Å². The molecule has 0 radical (unpaired) electrons. The first-order valence-electron chi connectivity index (χ1n) is 21.9. The lowest BCUT2D eigenvalue weighted by Crippen LogP contribution is -2.59. The number of nitrogens with zero attached hydrogens (tertiary/aromatic N) is 1. The van der Waals surface area contributed by atoms with Gasteiger partial charge < -0.3 is 4.90 Å². The first-order chi connectivity index (χ1) is 29.5. The van der Waals surface area contributed by atoms with E-state index < -0.39 is 0 Å². The first kappa shape index (κ1) is 34.2. The summed E-state index contributed by atoms with van der Waals surface area (Å²) in [7, 11) is 0. The van der Waals surface area contributed by atoms with Gasteiger partial charge in [-0.25, -0.2) is 0 Å². The van der Waals surface area contributed by atoms with Gasteiger partial charge in [-0.1, -0.05) is 172 Å². The molecule has 11 aromatic rings. The Morgan fingerprint density at radius 1 is 0.467 bits per heavy atom. The Balaban J connectivity index is 1.15. The molecule has 1 fully saturated rings. The van der Waals surface area contributed by atoms with Crippen LogP contribution in [0.5, 0.6) is 0 Å². The van der Waals surface area contributed by atoms with Gasteiger partial charge in [-0.2, -0.15) is 0 Å². The smallest absolute Gasteiger partial charge is 0.0543 e. The second-order valence-electron chi connectivity index (χ2n) is 18.3. The van der Waals surface area contributed by atoms with Crippen molar-refractivity contribution in [2.75, 3.05) is 4.90 Å². The Morgan fingerprint density at radius 2 is 1.00 bits per heavy atom. The van der Waals surface area contributed by atoms with Crippen LogP contribution in [-0.4, -0.2) is 5.54 Å². The quantitative estimate of drug-likeness (QED) is 0.172. The summed E-state index contributed by atoms with van der Waals surface area (Å²) in [5, 5.41) is 16.1. The van der Waals surface area contributed by atoms with Crippen LogP contribution in [0.2, 0.25) is 0 Å². The van der Waals surface area contributed by atoms with E-state index in [-0.39, 0.29) is 11.0 Å². The second kappa shape index (κ2) is 12.2. The summed E-state index contributed by atoms with van der Waals surface area (Å²) in [5.41, 5.74) is 12.0. The molecule has 3 atom stereocenters. The predicted molar refractivity (Wildman–Crippen MR) is 258 cm³/mol. The molecule has 0 spiro atoms. The molecule has 1 saturated carbocycles. The van der Waals surface area contributed by atoms with Crippen LogP contribution in [0.15, 0.2) is 176 Å². The average Bonchev–Trinajstić information content (AvgIpc) is 3.88. The zero-order chi connectivity index (χ0) is 39.9. The minimum Gasteiger partial charge on any atom is -0.334 e. The van der Waals surface area contributed by atoms with Crippen LogP contribution < -0.4 is 4.90 Å². The third-order valence-corrected chi connectivity index (χ3v) is 15.7. The molecule has 11 aromatic carbocycles. The summed E-state index contributed by atoms with van der Waals surface area (Å²) < 4.78 is 0. The minimum atomic E-state index is -0.0256. The Hall–Kier alpha value is -6.70. The molecule has 2 aliphatic rings. The predicted octanol–water partition coefficient (Wildman–Crippen LogP) is 16.5. The molecule has 13 rings (SSSR count). The number of para-hydroxylation sites is 1. The number of rotatable bonds is 4. The largest absolute Gasteiger partial charge is 0.334 e. The molecule has 0 N–H and O–H groups in total. The van der Waals surface area contributed by atoms with Crippen molar-refractivity contribution in [3.63, 3.8) is 0 Å². The SMILES string of the molecule is CC1CCCC2(C)c3cc(-c4ccc5c6c(-c7ccccc7)c7c8cccc9cccc(c7c(-c7ccccc7)c6c6cccc4c65)c98)ccc3N(c3ccccc3)C12C. The monoisotopic (exact) mass is 767 g/mol.